The highest BCUT2D eigenvalue weighted by molar-refractivity contribution is 5.46. The number of hydrazine groups is 1. The second-order valence-corrected chi connectivity index (χ2v) is 3.21. The first kappa shape index (κ1) is 9.36. The predicted molar refractivity (Wildman–Crippen MR) is 52.6 cm³/mol. The van der Waals surface area contributed by atoms with E-state index in [1.807, 2.05) is 6.92 Å². The number of rotatable bonds is 2. The average Bonchev–Trinajstić information content (AvgIpc) is 2.27. The van der Waals surface area contributed by atoms with Crippen LogP contribution in [0.3, 0.4) is 0 Å². The van der Waals surface area contributed by atoms with E-state index in [0.29, 0.717) is 12.4 Å². The molecule has 1 aliphatic heterocycles. The van der Waals surface area contributed by atoms with Crippen molar-refractivity contribution in [3.63, 3.8) is 0 Å². The summed E-state index contributed by atoms with van der Waals surface area (Å²) >= 11 is 0. The van der Waals surface area contributed by atoms with Crippen LogP contribution in [0.25, 0.3) is 0 Å². The van der Waals surface area contributed by atoms with Gasteiger partial charge in [-0.1, -0.05) is 6.92 Å². The summed E-state index contributed by atoms with van der Waals surface area (Å²) < 4.78 is 5.34. The average molecular weight is 194 g/mol. The number of nitrogens with zero attached hydrogens (tertiary/aromatic N) is 2. The molecule has 0 fully saturated rings. The summed E-state index contributed by atoms with van der Waals surface area (Å²) in [5, 5.41) is 0. The lowest BCUT2D eigenvalue weighted by Crippen LogP contribution is -2.20. The van der Waals surface area contributed by atoms with Crippen LogP contribution in [0.4, 0.5) is 5.82 Å². The van der Waals surface area contributed by atoms with Crippen molar-refractivity contribution in [3.8, 4) is 0 Å². The lowest BCUT2D eigenvalue weighted by Gasteiger charge is -2.18. The lowest BCUT2D eigenvalue weighted by molar-refractivity contribution is 0.109. The molecule has 76 valence electrons. The maximum absolute atomic E-state index is 5.40. The normalized spacial score (nSPS) is 15.0. The summed E-state index contributed by atoms with van der Waals surface area (Å²) in [7, 11) is 0. The zero-order valence-corrected chi connectivity index (χ0v) is 8.21. The second kappa shape index (κ2) is 3.89. The maximum Gasteiger partial charge on any atom is 0.149 e. The van der Waals surface area contributed by atoms with E-state index in [9.17, 15) is 0 Å². The van der Waals surface area contributed by atoms with Crippen LogP contribution in [0.1, 0.15) is 24.0 Å². The fourth-order valence-electron chi connectivity index (χ4n) is 1.56. The van der Waals surface area contributed by atoms with Crippen molar-refractivity contribution < 1.29 is 4.74 Å². The Hall–Kier alpha value is -1.20. The molecule has 0 amide bonds. The molecule has 5 heteroatoms. The standard InChI is InChI=1S/C9H14N4O/c1-2-8-11-7-3-4-14-5-6(7)9(12-8)13-10/h2-5,10H2,1H3,(H,11,12,13). The molecule has 2 rings (SSSR count). The van der Waals surface area contributed by atoms with Crippen molar-refractivity contribution in [2.45, 2.75) is 26.4 Å². The minimum atomic E-state index is 0.554. The van der Waals surface area contributed by atoms with Crippen LogP contribution in [-0.2, 0) is 24.2 Å². The molecule has 3 N–H and O–H groups in total. The molecule has 5 nitrogen and oxygen atoms in total. The molecular weight excluding hydrogens is 180 g/mol. The SMILES string of the molecule is CCc1nc2c(c(NN)n1)COCC2. The number of nitrogen functional groups attached to an aromatic ring is 1. The van der Waals surface area contributed by atoms with Crippen molar-refractivity contribution in [3.05, 3.63) is 17.1 Å². The highest BCUT2D eigenvalue weighted by Crippen LogP contribution is 2.21. The summed E-state index contributed by atoms with van der Waals surface area (Å²) in [5.41, 5.74) is 4.66. The van der Waals surface area contributed by atoms with E-state index in [-0.39, 0.29) is 0 Å². The Morgan fingerprint density at radius 1 is 1.50 bits per heavy atom. The first-order valence-corrected chi connectivity index (χ1v) is 4.78. The number of hydrogen-bond donors (Lipinski definition) is 2. The number of anilines is 1. The molecule has 0 aromatic carbocycles. The van der Waals surface area contributed by atoms with Gasteiger partial charge in [0.1, 0.15) is 11.6 Å². The quantitative estimate of drug-likeness (QED) is 0.526. The van der Waals surface area contributed by atoms with E-state index in [1.165, 1.54) is 0 Å². The Labute approximate surface area is 82.7 Å². The van der Waals surface area contributed by atoms with Gasteiger partial charge in [-0.25, -0.2) is 15.8 Å². The molecule has 0 spiro atoms. The van der Waals surface area contributed by atoms with Gasteiger partial charge in [-0.15, -0.1) is 0 Å². The van der Waals surface area contributed by atoms with Gasteiger partial charge in [0, 0.05) is 18.4 Å². The molecule has 0 saturated heterocycles. The molecule has 0 unspecified atom stereocenters. The van der Waals surface area contributed by atoms with Crippen molar-refractivity contribution in [2.24, 2.45) is 5.84 Å². The zero-order valence-electron chi connectivity index (χ0n) is 8.21. The van der Waals surface area contributed by atoms with Gasteiger partial charge >= 0.3 is 0 Å². The first-order valence-electron chi connectivity index (χ1n) is 4.78. The van der Waals surface area contributed by atoms with Crippen LogP contribution in [0.2, 0.25) is 0 Å². The topological polar surface area (TPSA) is 73.1 Å². The van der Waals surface area contributed by atoms with Gasteiger partial charge in [-0.2, -0.15) is 0 Å². The van der Waals surface area contributed by atoms with Crippen LogP contribution in [0.5, 0.6) is 0 Å². The predicted octanol–water partition coefficient (Wildman–Crippen LogP) is 0.397. The van der Waals surface area contributed by atoms with Crippen molar-refractivity contribution in [1.82, 2.24) is 9.97 Å². The van der Waals surface area contributed by atoms with E-state index < -0.39 is 0 Å². The Kier molecular flexibility index (Phi) is 2.60. The molecular formula is C9H14N4O. The van der Waals surface area contributed by atoms with E-state index in [0.717, 1.165) is 36.5 Å². The number of nitrogens with one attached hydrogen (secondary N) is 1. The number of aryl methyl sites for hydroxylation is 1. The molecule has 0 aliphatic carbocycles. The van der Waals surface area contributed by atoms with Gasteiger partial charge in [0.2, 0.25) is 0 Å². The van der Waals surface area contributed by atoms with E-state index in [4.69, 9.17) is 10.6 Å². The van der Waals surface area contributed by atoms with Crippen molar-refractivity contribution >= 4 is 5.82 Å². The van der Waals surface area contributed by atoms with E-state index in [2.05, 4.69) is 15.4 Å². The van der Waals surface area contributed by atoms with E-state index in [1.54, 1.807) is 0 Å². The molecule has 1 aliphatic rings. The number of aromatic nitrogens is 2. The van der Waals surface area contributed by atoms with Crippen LogP contribution < -0.4 is 11.3 Å². The molecule has 14 heavy (non-hydrogen) atoms. The number of ether oxygens (including phenoxy) is 1. The van der Waals surface area contributed by atoms with Crippen LogP contribution >= 0.6 is 0 Å². The van der Waals surface area contributed by atoms with Crippen molar-refractivity contribution in [1.29, 1.82) is 0 Å². The number of hydrogen-bond acceptors (Lipinski definition) is 5. The molecule has 1 aromatic heterocycles. The summed E-state index contributed by atoms with van der Waals surface area (Å²) in [6.45, 7) is 3.32. The number of nitrogens with two attached hydrogens (primary N) is 1. The van der Waals surface area contributed by atoms with Gasteiger partial charge in [0.15, 0.2) is 0 Å². The summed E-state index contributed by atoms with van der Waals surface area (Å²) in [6.07, 6.45) is 1.67. The first-order chi connectivity index (χ1) is 6.85. The summed E-state index contributed by atoms with van der Waals surface area (Å²) in [4.78, 5) is 8.75. The monoisotopic (exact) mass is 194 g/mol. The third kappa shape index (κ3) is 1.56. The van der Waals surface area contributed by atoms with Crippen LogP contribution in [-0.4, -0.2) is 16.6 Å². The van der Waals surface area contributed by atoms with Crippen LogP contribution in [0.15, 0.2) is 0 Å². The van der Waals surface area contributed by atoms with Gasteiger partial charge in [0.05, 0.1) is 18.9 Å². The highest BCUT2D eigenvalue weighted by atomic mass is 16.5. The minimum Gasteiger partial charge on any atom is -0.376 e. The number of fused-ring (bicyclic) bond motifs is 1. The third-order valence-corrected chi connectivity index (χ3v) is 2.32. The molecule has 0 saturated carbocycles. The molecule has 0 atom stereocenters. The van der Waals surface area contributed by atoms with Crippen molar-refractivity contribution in [2.75, 3.05) is 12.0 Å². The van der Waals surface area contributed by atoms with Gasteiger partial charge in [-0.3, -0.25) is 0 Å². The molecule has 1 aromatic rings. The fraction of sp³-hybridized carbons (Fsp3) is 0.556. The smallest absolute Gasteiger partial charge is 0.149 e. The summed E-state index contributed by atoms with van der Waals surface area (Å²) in [5.74, 6) is 6.93. The maximum atomic E-state index is 5.40. The van der Waals surface area contributed by atoms with Gasteiger partial charge in [-0.05, 0) is 0 Å². The largest absolute Gasteiger partial charge is 0.376 e. The Balaban J connectivity index is 2.47. The molecule has 0 bridgehead atoms. The Morgan fingerprint density at radius 3 is 3.07 bits per heavy atom. The Bertz CT molecular complexity index is 323. The van der Waals surface area contributed by atoms with E-state index >= 15 is 0 Å². The zero-order chi connectivity index (χ0) is 9.97. The third-order valence-electron chi connectivity index (χ3n) is 2.32. The molecule has 2 heterocycles. The van der Waals surface area contributed by atoms with Gasteiger partial charge in [0.25, 0.3) is 0 Å². The van der Waals surface area contributed by atoms with Crippen LogP contribution in [0, 0.1) is 0 Å². The lowest BCUT2D eigenvalue weighted by atomic mass is 10.1. The molecule has 0 radical (unpaired) electrons. The van der Waals surface area contributed by atoms with Gasteiger partial charge < -0.3 is 10.2 Å². The summed E-state index contributed by atoms with van der Waals surface area (Å²) in [6, 6.07) is 0. The minimum absolute atomic E-state index is 0.554. The fourth-order valence-corrected chi connectivity index (χ4v) is 1.56. The Morgan fingerprint density at radius 2 is 2.36 bits per heavy atom. The second-order valence-electron chi connectivity index (χ2n) is 3.21. The highest BCUT2D eigenvalue weighted by Gasteiger charge is 2.16.